The fraction of sp³-hybridized carbons (Fsp3) is 0.900. The van der Waals surface area contributed by atoms with E-state index >= 15 is 0 Å². The Bertz CT molecular complexity index is 219. The molecule has 0 aromatic carbocycles. The third-order valence-electron chi connectivity index (χ3n) is 3.12. The van der Waals surface area contributed by atoms with Gasteiger partial charge in [0.25, 0.3) is 0 Å². The highest BCUT2D eigenvalue weighted by Crippen LogP contribution is 2.24. The first kappa shape index (κ1) is 12.7. The highest BCUT2D eigenvalue weighted by Gasteiger charge is 2.29. The molecular weight excluding hydrogens is 216 g/mol. The van der Waals surface area contributed by atoms with Crippen LogP contribution in [0.2, 0.25) is 0 Å². The third kappa shape index (κ3) is 3.33. The van der Waals surface area contributed by atoms with E-state index in [1.807, 2.05) is 0 Å². The Balaban J connectivity index is 0.00000112. The van der Waals surface area contributed by atoms with E-state index in [0.717, 1.165) is 32.3 Å². The van der Waals surface area contributed by atoms with Crippen molar-refractivity contribution >= 4 is 18.3 Å². The quantitative estimate of drug-likeness (QED) is 0.729. The number of nitrogens with two attached hydrogens (primary N) is 1. The first-order valence-corrected chi connectivity index (χ1v) is 5.39. The second-order valence-corrected chi connectivity index (χ2v) is 4.34. The molecule has 0 aromatic heterocycles. The summed E-state index contributed by atoms with van der Waals surface area (Å²) in [6, 6.07) is 0.463. The zero-order chi connectivity index (χ0) is 9.97. The predicted molar refractivity (Wildman–Crippen MR) is 59.9 cm³/mol. The molecule has 0 bridgehead atoms. The molecule has 0 spiro atoms. The van der Waals surface area contributed by atoms with Gasteiger partial charge in [-0.1, -0.05) is 0 Å². The van der Waals surface area contributed by atoms with Crippen molar-refractivity contribution in [3.05, 3.63) is 0 Å². The van der Waals surface area contributed by atoms with Crippen molar-refractivity contribution in [3.8, 4) is 0 Å². The maximum atomic E-state index is 11.7. The molecule has 88 valence electrons. The number of rotatable bonds is 2. The minimum Gasteiger partial charge on any atom is -0.379 e. The molecule has 3 atom stereocenters. The number of nitrogens with one attached hydrogen (secondary N) is 1. The minimum absolute atomic E-state index is 0. The Morgan fingerprint density at radius 3 is 2.67 bits per heavy atom. The molecule has 15 heavy (non-hydrogen) atoms. The van der Waals surface area contributed by atoms with Crippen LogP contribution in [0.3, 0.4) is 0 Å². The largest absolute Gasteiger partial charge is 0.379 e. The first-order valence-electron chi connectivity index (χ1n) is 5.39. The van der Waals surface area contributed by atoms with Gasteiger partial charge in [-0.2, -0.15) is 0 Å². The molecule has 4 nitrogen and oxygen atoms in total. The van der Waals surface area contributed by atoms with Gasteiger partial charge in [0.2, 0.25) is 5.91 Å². The fourth-order valence-electron chi connectivity index (χ4n) is 2.22. The van der Waals surface area contributed by atoms with Gasteiger partial charge < -0.3 is 15.8 Å². The van der Waals surface area contributed by atoms with Crippen LogP contribution in [0.4, 0.5) is 0 Å². The van der Waals surface area contributed by atoms with Gasteiger partial charge in [-0.15, -0.1) is 12.4 Å². The van der Waals surface area contributed by atoms with Crippen molar-refractivity contribution in [2.24, 2.45) is 11.7 Å². The van der Waals surface area contributed by atoms with Gasteiger partial charge in [0, 0.05) is 18.6 Å². The summed E-state index contributed by atoms with van der Waals surface area (Å²) >= 11 is 0. The van der Waals surface area contributed by atoms with Crippen LogP contribution in [0.1, 0.15) is 25.7 Å². The Morgan fingerprint density at radius 2 is 2.13 bits per heavy atom. The lowest BCUT2D eigenvalue weighted by Gasteiger charge is -2.14. The number of hydrogen-bond acceptors (Lipinski definition) is 3. The highest BCUT2D eigenvalue weighted by molar-refractivity contribution is 5.85. The van der Waals surface area contributed by atoms with E-state index in [0.29, 0.717) is 6.61 Å². The van der Waals surface area contributed by atoms with Gasteiger partial charge in [0.05, 0.1) is 12.6 Å². The molecule has 1 heterocycles. The number of ether oxygens (including phenoxy) is 1. The molecule has 2 rings (SSSR count). The van der Waals surface area contributed by atoms with Gasteiger partial charge in [0.1, 0.15) is 0 Å². The summed E-state index contributed by atoms with van der Waals surface area (Å²) < 4.78 is 5.20. The lowest BCUT2D eigenvalue weighted by atomic mass is 10.1. The summed E-state index contributed by atoms with van der Waals surface area (Å²) in [6.45, 7) is 1.44. The van der Waals surface area contributed by atoms with Crippen LogP contribution in [0.25, 0.3) is 0 Å². The van der Waals surface area contributed by atoms with Gasteiger partial charge >= 0.3 is 0 Å². The van der Waals surface area contributed by atoms with Crippen LogP contribution in [-0.2, 0) is 9.53 Å². The maximum Gasteiger partial charge on any atom is 0.223 e. The van der Waals surface area contributed by atoms with Gasteiger partial charge in [-0.3, -0.25) is 4.79 Å². The predicted octanol–water partition coefficient (Wildman–Crippen LogP) is 0.441. The van der Waals surface area contributed by atoms with Crippen molar-refractivity contribution < 1.29 is 9.53 Å². The van der Waals surface area contributed by atoms with Crippen LogP contribution in [0, 0.1) is 5.92 Å². The number of carbonyl (C=O) groups is 1. The number of hydrogen-bond donors (Lipinski definition) is 2. The van der Waals surface area contributed by atoms with Crippen molar-refractivity contribution in [1.82, 2.24) is 5.32 Å². The topological polar surface area (TPSA) is 64.4 Å². The lowest BCUT2D eigenvalue weighted by Crippen LogP contribution is -2.38. The van der Waals surface area contributed by atoms with E-state index < -0.39 is 0 Å². The third-order valence-corrected chi connectivity index (χ3v) is 3.12. The molecule has 2 aliphatic rings. The Kier molecular flexibility index (Phi) is 4.83. The molecule has 1 amide bonds. The van der Waals surface area contributed by atoms with Crippen LogP contribution in [-0.4, -0.2) is 31.2 Å². The van der Waals surface area contributed by atoms with Gasteiger partial charge in [-0.25, -0.2) is 0 Å². The average Bonchev–Trinajstić information content (AvgIpc) is 2.75. The van der Waals surface area contributed by atoms with E-state index in [1.54, 1.807) is 0 Å². The van der Waals surface area contributed by atoms with E-state index in [-0.39, 0.29) is 36.3 Å². The molecule has 1 saturated carbocycles. The molecule has 5 heteroatoms. The van der Waals surface area contributed by atoms with Crippen molar-refractivity contribution in [1.29, 1.82) is 0 Å². The second-order valence-electron chi connectivity index (χ2n) is 4.34. The van der Waals surface area contributed by atoms with Crippen molar-refractivity contribution in [2.45, 2.75) is 37.8 Å². The van der Waals surface area contributed by atoms with Crippen molar-refractivity contribution in [3.63, 3.8) is 0 Å². The zero-order valence-corrected chi connectivity index (χ0v) is 9.59. The zero-order valence-electron chi connectivity index (χ0n) is 8.78. The van der Waals surface area contributed by atoms with Gasteiger partial charge in [-0.05, 0) is 25.7 Å². The lowest BCUT2D eigenvalue weighted by molar-refractivity contribution is -0.125. The Hall–Kier alpha value is -0.320. The van der Waals surface area contributed by atoms with E-state index in [4.69, 9.17) is 10.5 Å². The number of halogens is 1. The SMILES string of the molecule is Cl.N[C@H]1CC[C@@H](C(=O)NC2CCOC2)C1. The standard InChI is InChI=1S/C10H18N2O2.ClH/c11-8-2-1-7(5-8)10(13)12-9-3-4-14-6-9;/h7-9H,1-6,11H2,(H,12,13);1H/t7-,8+,9?;/m1./s1. The highest BCUT2D eigenvalue weighted by atomic mass is 35.5. The number of amides is 1. The summed E-state index contributed by atoms with van der Waals surface area (Å²) in [5.41, 5.74) is 5.77. The van der Waals surface area contributed by atoms with Gasteiger partial charge in [0.15, 0.2) is 0 Å². The molecule has 0 radical (unpaired) electrons. The first-order chi connectivity index (χ1) is 6.75. The average molecular weight is 235 g/mol. The molecule has 1 aliphatic carbocycles. The van der Waals surface area contributed by atoms with Crippen LogP contribution in [0.15, 0.2) is 0 Å². The van der Waals surface area contributed by atoms with Crippen LogP contribution in [0.5, 0.6) is 0 Å². The summed E-state index contributed by atoms with van der Waals surface area (Å²) in [7, 11) is 0. The molecule has 0 aromatic rings. The van der Waals surface area contributed by atoms with E-state index in [9.17, 15) is 4.79 Å². The smallest absolute Gasteiger partial charge is 0.223 e. The minimum atomic E-state index is 0. The summed E-state index contributed by atoms with van der Waals surface area (Å²) in [5.74, 6) is 0.319. The van der Waals surface area contributed by atoms with E-state index in [1.165, 1.54) is 0 Å². The molecule has 1 unspecified atom stereocenters. The van der Waals surface area contributed by atoms with Crippen LogP contribution >= 0.6 is 12.4 Å². The molecule has 1 aliphatic heterocycles. The van der Waals surface area contributed by atoms with E-state index in [2.05, 4.69) is 5.32 Å². The van der Waals surface area contributed by atoms with Crippen LogP contribution < -0.4 is 11.1 Å². The summed E-state index contributed by atoms with van der Waals surface area (Å²) in [4.78, 5) is 11.7. The Morgan fingerprint density at radius 1 is 1.33 bits per heavy atom. The molecule has 1 saturated heterocycles. The maximum absolute atomic E-state index is 11.7. The normalized spacial score (nSPS) is 34.9. The summed E-state index contributed by atoms with van der Waals surface area (Å²) in [5, 5.41) is 3.02. The second kappa shape index (κ2) is 5.68. The molecular formula is C10H19ClN2O2. The number of carbonyl (C=O) groups excluding carboxylic acids is 1. The fourth-order valence-corrected chi connectivity index (χ4v) is 2.22. The van der Waals surface area contributed by atoms with Crippen molar-refractivity contribution in [2.75, 3.05) is 13.2 Å². The Labute approximate surface area is 96.3 Å². The molecule has 3 N–H and O–H groups in total. The monoisotopic (exact) mass is 234 g/mol. The summed E-state index contributed by atoms with van der Waals surface area (Å²) in [6.07, 6.45) is 3.73. The molecule has 2 fully saturated rings.